The molecule has 1 fully saturated rings. The lowest BCUT2D eigenvalue weighted by Gasteiger charge is -2.24. The Balaban J connectivity index is 2.00. The smallest absolute Gasteiger partial charge is 0.300 e. The molecule has 0 amide bonds. The molecule has 0 spiro atoms. The Morgan fingerprint density at radius 2 is 1.94 bits per heavy atom. The number of nitrogens with zero attached hydrogens (tertiary/aromatic N) is 3. The summed E-state index contributed by atoms with van der Waals surface area (Å²) in [6.45, 7) is 7.11. The second-order valence-electron chi connectivity index (χ2n) is 4.31. The van der Waals surface area contributed by atoms with Crippen molar-refractivity contribution in [1.29, 1.82) is 0 Å². The molecule has 0 atom stereocenters. The van der Waals surface area contributed by atoms with E-state index in [0.717, 1.165) is 43.1 Å². The number of pyridine rings is 1. The minimum atomic E-state index is 0.654. The Bertz CT molecular complexity index is 505. The van der Waals surface area contributed by atoms with Gasteiger partial charge in [0.15, 0.2) is 5.58 Å². The van der Waals surface area contributed by atoms with E-state index in [1.807, 2.05) is 19.9 Å². The average Bonchev–Trinajstić information content (AvgIpc) is 2.74. The summed E-state index contributed by atoms with van der Waals surface area (Å²) in [5.41, 5.74) is 3.57. The normalized spacial score (nSPS) is 16.7. The molecular formula is C12H15N3O2. The van der Waals surface area contributed by atoms with Crippen LogP contribution in [0.15, 0.2) is 10.5 Å². The Hall–Kier alpha value is -1.62. The number of morpholine rings is 1. The zero-order chi connectivity index (χ0) is 11.8. The summed E-state index contributed by atoms with van der Waals surface area (Å²) in [4.78, 5) is 11.0. The number of aromatic nitrogens is 2. The molecule has 17 heavy (non-hydrogen) atoms. The maximum absolute atomic E-state index is 5.74. The molecule has 3 heterocycles. The van der Waals surface area contributed by atoms with Crippen molar-refractivity contribution in [1.82, 2.24) is 9.97 Å². The average molecular weight is 233 g/mol. The fourth-order valence-electron chi connectivity index (χ4n) is 1.92. The molecule has 0 aromatic carbocycles. The SMILES string of the molecule is Cc1cc2oc(N3CCOCC3)nc2nc1C. The molecule has 90 valence electrons. The molecule has 0 unspecified atom stereocenters. The van der Waals surface area contributed by atoms with Crippen molar-refractivity contribution in [3.05, 3.63) is 17.3 Å². The summed E-state index contributed by atoms with van der Waals surface area (Å²) in [5, 5.41) is 0. The van der Waals surface area contributed by atoms with E-state index in [9.17, 15) is 0 Å². The van der Waals surface area contributed by atoms with Crippen LogP contribution < -0.4 is 4.90 Å². The standard InChI is InChI=1S/C12H15N3O2/c1-8-7-10-11(13-9(8)2)14-12(17-10)15-3-5-16-6-4-15/h7H,3-6H2,1-2H3. The van der Waals surface area contributed by atoms with E-state index in [-0.39, 0.29) is 0 Å². The molecule has 2 aromatic heterocycles. The summed E-state index contributed by atoms with van der Waals surface area (Å²) < 4.78 is 11.0. The van der Waals surface area contributed by atoms with Gasteiger partial charge in [-0.05, 0) is 25.5 Å². The largest absolute Gasteiger partial charge is 0.422 e. The van der Waals surface area contributed by atoms with E-state index in [1.165, 1.54) is 0 Å². The van der Waals surface area contributed by atoms with Crippen LogP contribution in [0.2, 0.25) is 0 Å². The first-order valence-electron chi connectivity index (χ1n) is 5.81. The van der Waals surface area contributed by atoms with E-state index in [2.05, 4.69) is 14.9 Å². The number of ether oxygens (including phenoxy) is 1. The van der Waals surface area contributed by atoms with Crippen molar-refractivity contribution in [2.24, 2.45) is 0 Å². The van der Waals surface area contributed by atoms with E-state index < -0.39 is 0 Å². The predicted molar refractivity (Wildman–Crippen MR) is 64.3 cm³/mol. The van der Waals surface area contributed by atoms with Gasteiger partial charge < -0.3 is 14.1 Å². The minimum Gasteiger partial charge on any atom is -0.422 e. The van der Waals surface area contributed by atoms with E-state index in [1.54, 1.807) is 0 Å². The van der Waals surface area contributed by atoms with Crippen molar-refractivity contribution < 1.29 is 9.15 Å². The molecule has 1 aliphatic rings. The van der Waals surface area contributed by atoms with Gasteiger partial charge in [-0.3, -0.25) is 0 Å². The molecule has 0 aliphatic carbocycles. The van der Waals surface area contributed by atoms with E-state index in [0.29, 0.717) is 11.7 Å². The number of fused-ring (bicyclic) bond motifs is 1. The summed E-state index contributed by atoms with van der Waals surface area (Å²) in [6, 6.07) is 2.65. The van der Waals surface area contributed by atoms with Crippen molar-refractivity contribution in [2.75, 3.05) is 31.2 Å². The van der Waals surface area contributed by atoms with Crippen LogP contribution in [0.5, 0.6) is 0 Å². The highest BCUT2D eigenvalue weighted by Gasteiger charge is 2.17. The molecular weight excluding hydrogens is 218 g/mol. The van der Waals surface area contributed by atoms with Crippen LogP contribution in [-0.2, 0) is 4.74 Å². The lowest BCUT2D eigenvalue weighted by Crippen LogP contribution is -2.36. The van der Waals surface area contributed by atoms with Gasteiger partial charge in [0.05, 0.1) is 13.2 Å². The summed E-state index contributed by atoms with van der Waals surface area (Å²) in [7, 11) is 0. The van der Waals surface area contributed by atoms with Crippen molar-refractivity contribution in [3.8, 4) is 0 Å². The molecule has 2 aromatic rings. The maximum Gasteiger partial charge on any atom is 0.300 e. The second kappa shape index (κ2) is 4.00. The topological polar surface area (TPSA) is 51.4 Å². The third kappa shape index (κ3) is 1.86. The van der Waals surface area contributed by atoms with Gasteiger partial charge >= 0.3 is 0 Å². The van der Waals surface area contributed by atoms with Gasteiger partial charge in [0, 0.05) is 18.8 Å². The number of rotatable bonds is 1. The zero-order valence-electron chi connectivity index (χ0n) is 10.1. The number of anilines is 1. The molecule has 1 aliphatic heterocycles. The summed E-state index contributed by atoms with van der Waals surface area (Å²) >= 11 is 0. The zero-order valence-corrected chi connectivity index (χ0v) is 10.1. The number of aryl methyl sites for hydroxylation is 2. The summed E-state index contributed by atoms with van der Waals surface area (Å²) in [6.07, 6.45) is 0. The predicted octanol–water partition coefficient (Wildman–Crippen LogP) is 1.68. The fraction of sp³-hybridized carbons (Fsp3) is 0.500. The molecule has 0 bridgehead atoms. The minimum absolute atomic E-state index is 0.654. The third-order valence-electron chi connectivity index (χ3n) is 3.10. The van der Waals surface area contributed by atoms with E-state index >= 15 is 0 Å². The highest BCUT2D eigenvalue weighted by Crippen LogP contribution is 2.22. The van der Waals surface area contributed by atoms with Crippen LogP contribution in [0.3, 0.4) is 0 Å². The van der Waals surface area contributed by atoms with Gasteiger partial charge in [-0.1, -0.05) is 0 Å². The van der Waals surface area contributed by atoms with Crippen molar-refractivity contribution in [3.63, 3.8) is 0 Å². The van der Waals surface area contributed by atoms with Gasteiger partial charge in [0.1, 0.15) is 0 Å². The quantitative estimate of drug-likeness (QED) is 0.750. The molecule has 3 rings (SSSR count). The molecule has 5 nitrogen and oxygen atoms in total. The number of hydrogen-bond acceptors (Lipinski definition) is 5. The Kier molecular flexibility index (Phi) is 2.48. The highest BCUT2D eigenvalue weighted by molar-refractivity contribution is 5.71. The molecule has 1 saturated heterocycles. The first kappa shape index (κ1) is 10.5. The molecule has 0 saturated carbocycles. The molecule has 0 radical (unpaired) electrons. The Morgan fingerprint density at radius 3 is 2.71 bits per heavy atom. The highest BCUT2D eigenvalue weighted by atomic mass is 16.5. The monoisotopic (exact) mass is 233 g/mol. The van der Waals surface area contributed by atoms with Crippen LogP contribution in [0.25, 0.3) is 11.2 Å². The lowest BCUT2D eigenvalue weighted by molar-refractivity contribution is 0.120. The Morgan fingerprint density at radius 1 is 1.18 bits per heavy atom. The van der Waals surface area contributed by atoms with Crippen molar-refractivity contribution in [2.45, 2.75) is 13.8 Å². The number of hydrogen-bond donors (Lipinski definition) is 0. The van der Waals surface area contributed by atoms with Crippen LogP contribution in [0.1, 0.15) is 11.3 Å². The second-order valence-corrected chi connectivity index (χ2v) is 4.31. The van der Waals surface area contributed by atoms with Crippen LogP contribution in [0, 0.1) is 13.8 Å². The maximum atomic E-state index is 5.74. The van der Waals surface area contributed by atoms with Gasteiger partial charge in [0.2, 0.25) is 5.65 Å². The third-order valence-corrected chi connectivity index (χ3v) is 3.10. The fourth-order valence-corrected chi connectivity index (χ4v) is 1.92. The number of oxazole rings is 1. The lowest BCUT2D eigenvalue weighted by atomic mass is 10.2. The molecule has 5 heteroatoms. The van der Waals surface area contributed by atoms with Gasteiger partial charge in [0.25, 0.3) is 6.01 Å². The van der Waals surface area contributed by atoms with Crippen molar-refractivity contribution >= 4 is 17.2 Å². The van der Waals surface area contributed by atoms with Gasteiger partial charge in [-0.2, -0.15) is 4.98 Å². The van der Waals surface area contributed by atoms with E-state index in [4.69, 9.17) is 9.15 Å². The first-order valence-corrected chi connectivity index (χ1v) is 5.81. The molecule has 0 N–H and O–H groups in total. The van der Waals surface area contributed by atoms with Crippen LogP contribution >= 0.6 is 0 Å². The summed E-state index contributed by atoms with van der Waals surface area (Å²) in [5.74, 6) is 0. The first-order chi connectivity index (χ1) is 8.24. The van der Waals surface area contributed by atoms with Crippen LogP contribution in [-0.4, -0.2) is 36.3 Å². The van der Waals surface area contributed by atoms with Gasteiger partial charge in [-0.15, -0.1) is 0 Å². The van der Waals surface area contributed by atoms with Crippen LogP contribution in [0.4, 0.5) is 6.01 Å². The van der Waals surface area contributed by atoms with Gasteiger partial charge in [-0.25, -0.2) is 4.98 Å². The Labute approximate surface area is 99.4 Å².